The Labute approximate surface area is 352 Å². The molecule has 7 aromatic carbocycles. The second-order valence-electron chi connectivity index (χ2n) is 18.6. The van der Waals surface area contributed by atoms with E-state index in [0.717, 1.165) is 36.9 Å². The molecule has 4 aliphatic carbocycles. The molecule has 6 aliphatic rings. The fourth-order valence-electron chi connectivity index (χ4n) is 13.4. The van der Waals surface area contributed by atoms with Crippen molar-refractivity contribution < 1.29 is 10.2 Å². The van der Waals surface area contributed by atoms with Gasteiger partial charge in [0.15, 0.2) is 0 Å². The molecule has 0 bridgehead atoms. The molecule has 0 amide bonds. The van der Waals surface area contributed by atoms with E-state index >= 15 is 10.2 Å². The summed E-state index contributed by atoms with van der Waals surface area (Å²) in [5.41, 5.74) is 15.0. The first kappa shape index (κ1) is 35.2. The molecule has 60 heavy (non-hydrogen) atoms. The van der Waals surface area contributed by atoms with Gasteiger partial charge in [0.25, 0.3) is 0 Å². The van der Waals surface area contributed by atoms with Crippen LogP contribution in [-0.2, 0) is 19.3 Å². The average Bonchev–Trinajstić information content (AvgIpc) is 3.89. The number of fused-ring (bicyclic) bond motifs is 2. The lowest BCUT2D eigenvalue weighted by Gasteiger charge is -2.66. The predicted molar refractivity (Wildman–Crippen MR) is 246 cm³/mol. The Hall–Kier alpha value is -5.53. The predicted octanol–water partition coefficient (Wildman–Crippen LogP) is 6.18. The first-order valence-electron chi connectivity index (χ1n) is 22.0. The first-order chi connectivity index (χ1) is 29.3. The Bertz CT molecular complexity index is 3020. The molecule has 2 heterocycles. The maximum absolute atomic E-state index is 15.5. The topological polar surface area (TPSA) is 59.1 Å². The zero-order chi connectivity index (χ0) is 40.3. The van der Waals surface area contributed by atoms with Gasteiger partial charge in [-0.2, -0.15) is 0 Å². The zero-order valence-electron chi connectivity index (χ0n) is 34.6. The molecule has 0 aromatic heterocycles. The van der Waals surface area contributed by atoms with Crippen molar-refractivity contribution in [2.75, 3.05) is 42.6 Å². The third-order valence-electron chi connectivity index (χ3n) is 16.0. The summed E-state index contributed by atoms with van der Waals surface area (Å²) in [4.78, 5) is 9.74. The maximum Gasteiger partial charge on any atom is 0.411 e. The third-order valence-corrected chi connectivity index (χ3v) is 16.0. The zero-order valence-corrected chi connectivity index (χ0v) is 34.6. The average molecular weight is 781 g/mol. The smallest absolute Gasteiger partial charge is 0.411 e. The van der Waals surface area contributed by atoms with E-state index in [1.54, 1.807) is 0 Å². The standard InChI is InChI=1S/C52H46B2N4O2/c1-55-41-25-23-31-19-21-33-27-37(49(47(41)43(31)33)57(3)53(55)39-17-9-13-29-11-5-7-15-35(29)39)45-51(59)46(52(45)60)38-28-34-22-20-32-24-26-42-48(44(32)34)50(38)58(4)54(56(42)2)40-18-10-14-30-12-6-8-16-36(30)40/h5-18,23-28,37,45-46,49,51-52H,19-22H2,1-4H3/q-2. The van der Waals surface area contributed by atoms with E-state index in [0.29, 0.717) is 0 Å². The number of hydrogen-bond acceptors (Lipinski definition) is 6. The SMILES string of the molecule is CN1B(c2cccc3ccccc23)N(C)C2c3c1ccc1c3C(=CC2C2C([O-])C(c3cc4c5c(ccc6c5c3N(C)B(c3cccc5ccccc35)N6C)CC4)C2[O-])CC1. The van der Waals surface area contributed by atoms with Crippen molar-refractivity contribution >= 4 is 79.8 Å². The number of benzene rings is 7. The molecule has 13 rings (SSSR count). The lowest BCUT2D eigenvalue weighted by Crippen LogP contribution is -2.70. The number of allylic oxidation sites excluding steroid dienone is 1. The van der Waals surface area contributed by atoms with Crippen molar-refractivity contribution in [3.63, 3.8) is 0 Å². The largest absolute Gasteiger partial charge is 0.851 e. The molecule has 1 saturated carbocycles. The highest BCUT2D eigenvalue weighted by atomic mass is 16.3. The monoisotopic (exact) mass is 780 g/mol. The van der Waals surface area contributed by atoms with E-state index in [4.69, 9.17) is 0 Å². The van der Waals surface area contributed by atoms with Gasteiger partial charge < -0.3 is 29.5 Å². The van der Waals surface area contributed by atoms with Crippen molar-refractivity contribution in [1.29, 1.82) is 0 Å². The molecule has 0 saturated heterocycles. The number of aryl methyl sites for hydroxylation is 3. The van der Waals surface area contributed by atoms with Crippen LogP contribution in [0, 0.1) is 11.8 Å². The van der Waals surface area contributed by atoms with Gasteiger partial charge in [-0.25, -0.2) is 0 Å². The molecule has 4 atom stereocenters. The Morgan fingerprint density at radius 3 is 1.90 bits per heavy atom. The van der Waals surface area contributed by atoms with Gasteiger partial charge in [0, 0.05) is 28.5 Å². The minimum absolute atomic E-state index is 0.0602. The van der Waals surface area contributed by atoms with Gasteiger partial charge in [0.2, 0.25) is 0 Å². The van der Waals surface area contributed by atoms with Crippen LogP contribution in [0.3, 0.4) is 0 Å². The number of rotatable bonds is 4. The second kappa shape index (κ2) is 12.5. The van der Waals surface area contributed by atoms with Crippen molar-refractivity contribution in [1.82, 2.24) is 4.81 Å². The van der Waals surface area contributed by atoms with E-state index in [2.05, 4.69) is 169 Å². The van der Waals surface area contributed by atoms with E-state index in [9.17, 15) is 0 Å². The van der Waals surface area contributed by atoms with Crippen LogP contribution in [0.1, 0.15) is 51.8 Å². The van der Waals surface area contributed by atoms with Crippen LogP contribution in [0.25, 0.3) is 37.9 Å². The molecular weight excluding hydrogens is 734 g/mol. The summed E-state index contributed by atoms with van der Waals surface area (Å²) in [6.45, 7) is -0.169. The summed E-state index contributed by atoms with van der Waals surface area (Å²) in [5, 5.41) is 38.4. The summed E-state index contributed by atoms with van der Waals surface area (Å²) >= 11 is 0. The van der Waals surface area contributed by atoms with Crippen LogP contribution in [0.2, 0.25) is 0 Å². The Morgan fingerprint density at radius 2 is 1.17 bits per heavy atom. The number of anilines is 3. The molecule has 6 nitrogen and oxygen atoms in total. The highest BCUT2D eigenvalue weighted by molar-refractivity contribution is 6.83. The van der Waals surface area contributed by atoms with Crippen LogP contribution in [0.4, 0.5) is 17.1 Å². The molecule has 0 N–H and O–H groups in total. The van der Waals surface area contributed by atoms with Gasteiger partial charge in [-0.1, -0.05) is 115 Å². The van der Waals surface area contributed by atoms with E-state index < -0.39 is 24.0 Å². The van der Waals surface area contributed by atoms with Crippen LogP contribution in [-0.4, -0.2) is 59.2 Å². The van der Waals surface area contributed by atoms with Gasteiger partial charge in [0.1, 0.15) is 0 Å². The lowest BCUT2D eigenvalue weighted by atomic mass is 9.53. The maximum atomic E-state index is 15.5. The highest BCUT2D eigenvalue weighted by Crippen LogP contribution is 2.59. The molecule has 2 aliphatic heterocycles. The quantitative estimate of drug-likeness (QED) is 0.199. The minimum Gasteiger partial charge on any atom is -0.851 e. The second-order valence-corrected chi connectivity index (χ2v) is 18.6. The van der Waals surface area contributed by atoms with Crippen LogP contribution in [0.5, 0.6) is 0 Å². The summed E-state index contributed by atoms with van der Waals surface area (Å²) < 4.78 is 0. The summed E-state index contributed by atoms with van der Waals surface area (Å²) in [7, 11) is 8.85. The molecule has 0 spiro atoms. The van der Waals surface area contributed by atoms with Crippen LogP contribution >= 0.6 is 0 Å². The van der Waals surface area contributed by atoms with E-state index in [1.165, 1.54) is 88.0 Å². The van der Waals surface area contributed by atoms with E-state index in [-0.39, 0.29) is 25.9 Å². The summed E-state index contributed by atoms with van der Waals surface area (Å²) in [6, 6.07) is 41.9. The van der Waals surface area contributed by atoms with Crippen molar-refractivity contribution in [2.24, 2.45) is 11.8 Å². The van der Waals surface area contributed by atoms with Crippen LogP contribution in [0.15, 0.2) is 121 Å². The molecule has 7 aromatic rings. The Kier molecular flexibility index (Phi) is 7.35. The summed E-state index contributed by atoms with van der Waals surface area (Å²) in [6.07, 6.45) is 4.27. The van der Waals surface area contributed by atoms with Crippen molar-refractivity contribution in [2.45, 2.75) is 49.9 Å². The lowest BCUT2D eigenvalue weighted by molar-refractivity contribution is -0.553. The Balaban J connectivity index is 0.943. The normalized spacial score (nSPS) is 25.1. The van der Waals surface area contributed by atoms with Gasteiger partial charge in [0.05, 0.1) is 0 Å². The van der Waals surface area contributed by atoms with Crippen molar-refractivity contribution in [3.05, 3.63) is 155 Å². The molecule has 1 fully saturated rings. The van der Waals surface area contributed by atoms with Gasteiger partial charge >= 0.3 is 14.0 Å². The van der Waals surface area contributed by atoms with Crippen LogP contribution < -0.4 is 35.6 Å². The fraction of sp³-hybridized carbons (Fsp3) is 0.269. The fourth-order valence-corrected chi connectivity index (χ4v) is 13.4. The Morgan fingerprint density at radius 1 is 0.567 bits per heavy atom. The van der Waals surface area contributed by atoms with Gasteiger partial charge in [-0.3, -0.25) is 0 Å². The molecule has 294 valence electrons. The molecule has 4 unspecified atom stereocenters. The highest BCUT2D eigenvalue weighted by Gasteiger charge is 2.53. The van der Waals surface area contributed by atoms with Gasteiger partial charge in [-0.05, 0) is 155 Å². The first-order valence-corrected chi connectivity index (χ1v) is 22.0. The molecule has 8 heteroatoms. The summed E-state index contributed by atoms with van der Waals surface area (Å²) in [5.74, 6) is -1.34. The third kappa shape index (κ3) is 4.46. The molecular formula is C52H46B2N4O2-2. The minimum atomic E-state index is -1.02. The molecule has 0 radical (unpaired) electrons. The number of hydrogen-bond donors (Lipinski definition) is 0. The van der Waals surface area contributed by atoms with Crippen molar-refractivity contribution in [3.8, 4) is 0 Å². The number of nitrogens with zero attached hydrogens (tertiary/aromatic N) is 4. The van der Waals surface area contributed by atoms with E-state index in [1.807, 2.05) is 0 Å². The van der Waals surface area contributed by atoms with Gasteiger partial charge in [-0.15, -0.1) is 12.2 Å².